The third kappa shape index (κ3) is 6.06. The van der Waals surface area contributed by atoms with E-state index in [1.807, 2.05) is 0 Å². The van der Waals surface area contributed by atoms with E-state index in [4.69, 9.17) is 21.1 Å². The predicted molar refractivity (Wildman–Crippen MR) is 100.0 cm³/mol. The van der Waals surface area contributed by atoms with Gasteiger partial charge in [0.25, 0.3) is 5.91 Å². The molecule has 1 heterocycles. The van der Waals surface area contributed by atoms with Crippen molar-refractivity contribution in [1.82, 2.24) is 15.5 Å². The number of benzene rings is 1. The number of amides is 1. The maximum Gasteiger partial charge on any atom is 0.251 e. The van der Waals surface area contributed by atoms with E-state index in [0.717, 1.165) is 32.7 Å². The summed E-state index contributed by atoms with van der Waals surface area (Å²) in [6.45, 7) is 10.1. The monoisotopic (exact) mass is 369 g/mol. The van der Waals surface area contributed by atoms with Crippen LogP contribution in [-0.2, 0) is 0 Å². The first-order valence-corrected chi connectivity index (χ1v) is 9.10. The average Bonchev–Trinajstić information content (AvgIpc) is 2.60. The third-order valence-electron chi connectivity index (χ3n) is 3.98. The normalized spacial score (nSPS) is 15.2. The summed E-state index contributed by atoms with van der Waals surface area (Å²) in [4.78, 5) is 14.7. The average molecular weight is 370 g/mol. The van der Waals surface area contributed by atoms with Crippen LogP contribution in [0.4, 0.5) is 0 Å². The molecule has 0 radical (unpaired) electrons. The van der Waals surface area contributed by atoms with Crippen LogP contribution in [0.15, 0.2) is 12.1 Å². The Morgan fingerprint density at radius 3 is 2.72 bits per heavy atom. The van der Waals surface area contributed by atoms with Crippen LogP contribution in [-0.4, -0.2) is 63.8 Å². The molecule has 140 valence electrons. The lowest BCUT2D eigenvalue weighted by atomic mass is 10.1. The lowest BCUT2D eigenvalue weighted by molar-refractivity contribution is 0.0947. The van der Waals surface area contributed by atoms with Crippen molar-refractivity contribution in [2.75, 3.05) is 53.0 Å². The van der Waals surface area contributed by atoms with Gasteiger partial charge in [0.2, 0.25) is 0 Å². The summed E-state index contributed by atoms with van der Waals surface area (Å²) >= 11 is 6.30. The molecule has 1 saturated heterocycles. The van der Waals surface area contributed by atoms with E-state index >= 15 is 0 Å². The molecular formula is C18H28ClN3O3. The molecule has 0 unspecified atom stereocenters. The highest BCUT2D eigenvalue weighted by Gasteiger charge is 2.17. The van der Waals surface area contributed by atoms with Gasteiger partial charge in [0.05, 0.1) is 18.7 Å². The van der Waals surface area contributed by atoms with E-state index in [9.17, 15) is 4.79 Å². The smallest absolute Gasteiger partial charge is 0.251 e. The molecule has 2 N–H and O–H groups in total. The fourth-order valence-electron chi connectivity index (χ4n) is 2.61. The van der Waals surface area contributed by atoms with Crippen molar-refractivity contribution in [3.63, 3.8) is 0 Å². The highest BCUT2D eigenvalue weighted by molar-refractivity contribution is 6.32. The largest absolute Gasteiger partial charge is 0.493 e. The Morgan fingerprint density at radius 2 is 2.08 bits per heavy atom. The first kappa shape index (κ1) is 19.8. The van der Waals surface area contributed by atoms with Crippen LogP contribution >= 0.6 is 11.6 Å². The molecule has 0 saturated carbocycles. The Bertz CT molecular complexity index is 575. The summed E-state index contributed by atoms with van der Waals surface area (Å²) in [5.74, 6) is 1.16. The molecule has 0 bridgehead atoms. The molecule has 7 heteroatoms. The van der Waals surface area contributed by atoms with Crippen LogP contribution in [0.3, 0.4) is 0 Å². The summed E-state index contributed by atoms with van der Waals surface area (Å²) in [5, 5.41) is 6.63. The Labute approximate surface area is 154 Å². The minimum Gasteiger partial charge on any atom is -0.493 e. The quantitative estimate of drug-likeness (QED) is 0.734. The molecule has 1 aliphatic rings. The van der Waals surface area contributed by atoms with Crippen LogP contribution in [0.1, 0.15) is 24.2 Å². The number of piperazine rings is 1. The number of nitrogens with one attached hydrogen (secondary N) is 2. The number of hydrogen-bond donors (Lipinski definition) is 2. The van der Waals surface area contributed by atoms with E-state index in [0.29, 0.717) is 41.2 Å². The zero-order chi connectivity index (χ0) is 18.2. The number of ether oxygens (including phenoxy) is 2. The van der Waals surface area contributed by atoms with Crippen LogP contribution in [0.5, 0.6) is 11.5 Å². The molecular weight excluding hydrogens is 342 g/mol. The van der Waals surface area contributed by atoms with Crippen molar-refractivity contribution >= 4 is 17.5 Å². The van der Waals surface area contributed by atoms with Gasteiger partial charge in [0, 0.05) is 44.8 Å². The highest BCUT2D eigenvalue weighted by Crippen LogP contribution is 2.36. The molecule has 2 rings (SSSR count). The zero-order valence-corrected chi connectivity index (χ0v) is 16.0. The number of hydrogen-bond acceptors (Lipinski definition) is 5. The van der Waals surface area contributed by atoms with Gasteiger partial charge < -0.3 is 20.1 Å². The zero-order valence-electron chi connectivity index (χ0n) is 15.2. The van der Waals surface area contributed by atoms with Crippen molar-refractivity contribution < 1.29 is 14.3 Å². The van der Waals surface area contributed by atoms with Gasteiger partial charge in [-0.05, 0) is 18.1 Å². The molecule has 0 atom stereocenters. The van der Waals surface area contributed by atoms with Gasteiger partial charge in [-0.15, -0.1) is 0 Å². The number of carbonyl (C=O) groups excluding carboxylic acids is 1. The van der Waals surface area contributed by atoms with Gasteiger partial charge >= 0.3 is 0 Å². The van der Waals surface area contributed by atoms with Crippen molar-refractivity contribution in [1.29, 1.82) is 0 Å². The molecule has 25 heavy (non-hydrogen) atoms. The fourth-order valence-corrected chi connectivity index (χ4v) is 2.87. The summed E-state index contributed by atoms with van der Waals surface area (Å²) in [5.41, 5.74) is 0.471. The Morgan fingerprint density at radius 1 is 1.36 bits per heavy atom. The van der Waals surface area contributed by atoms with Crippen molar-refractivity contribution in [2.24, 2.45) is 5.92 Å². The standard InChI is InChI=1S/C18H28ClN3O3/c1-13(2)12-25-17-15(19)10-14(11-16(17)24-3)18(23)21-6-9-22-7-4-20-5-8-22/h10-11,13,20H,4-9,12H2,1-3H3,(H,21,23). The number of nitrogens with zero attached hydrogens (tertiary/aromatic N) is 1. The minimum atomic E-state index is -0.161. The van der Waals surface area contributed by atoms with Crippen LogP contribution in [0.2, 0.25) is 5.02 Å². The molecule has 6 nitrogen and oxygen atoms in total. The molecule has 0 spiro atoms. The van der Waals surface area contributed by atoms with E-state index in [1.165, 1.54) is 0 Å². The Kier molecular flexibility index (Phi) is 7.81. The maximum atomic E-state index is 12.4. The Hall–Kier alpha value is -1.50. The van der Waals surface area contributed by atoms with E-state index in [1.54, 1.807) is 19.2 Å². The summed E-state index contributed by atoms with van der Waals surface area (Å²) in [6.07, 6.45) is 0. The molecule has 1 amide bonds. The predicted octanol–water partition coefficient (Wildman–Crippen LogP) is 2.02. The maximum absolute atomic E-state index is 12.4. The van der Waals surface area contributed by atoms with Crippen LogP contribution in [0.25, 0.3) is 0 Å². The second-order valence-electron chi connectivity index (χ2n) is 6.54. The van der Waals surface area contributed by atoms with Crippen molar-refractivity contribution in [3.8, 4) is 11.5 Å². The number of rotatable bonds is 8. The van der Waals surface area contributed by atoms with Gasteiger partial charge in [-0.2, -0.15) is 0 Å². The Balaban J connectivity index is 1.95. The van der Waals surface area contributed by atoms with Gasteiger partial charge in [-0.3, -0.25) is 9.69 Å². The summed E-state index contributed by atoms with van der Waals surface area (Å²) in [6, 6.07) is 3.29. The molecule has 1 fully saturated rings. The topological polar surface area (TPSA) is 62.8 Å². The molecule has 1 aromatic carbocycles. The summed E-state index contributed by atoms with van der Waals surface area (Å²) in [7, 11) is 1.54. The highest BCUT2D eigenvalue weighted by atomic mass is 35.5. The molecule has 1 aromatic rings. The fraction of sp³-hybridized carbons (Fsp3) is 0.611. The molecule has 0 aliphatic carbocycles. The lowest BCUT2D eigenvalue weighted by Crippen LogP contribution is -2.46. The van der Waals surface area contributed by atoms with Crippen LogP contribution < -0.4 is 20.1 Å². The van der Waals surface area contributed by atoms with Gasteiger partial charge in [0.1, 0.15) is 0 Å². The SMILES string of the molecule is COc1cc(C(=O)NCCN2CCNCC2)cc(Cl)c1OCC(C)C. The van der Waals surface area contributed by atoms with Crippen LogP contribution in [0, 0.1) is 5.92 Å². The minimum absolute atomic E-state index is 0.161. The number of carbonyl (C=O) groups is 1. The second kappa shape index (κ2) is 9.85. The first-order chi connectivity index (χ1) is 12.0. The van der Waals surface area contributed by atoms with Crippen molar-refractivity contribution in [3.05, 3.63) is 22.7 Å². The van der Waals surface area contributed by atoms with Crippen molar-refractivity contribution in [2.45, 2.75) is 13.8 Å². The van der Waals surface area contributed by atoms with E-state index in [-0.39, 0.29) is 5.91 Å². The lowest BCUT2D eigenvalue weighted by Gasteiger charge is -2.27. The van der Waals surface area contributed by atoms with Gasteiger partial charge in [0.15, 0.2) is 11.5 Å². The summed E-state index contributed by atoms with van der Waals surface area (Å²) < 4.78 is 11.1. The van der Waals surface area contributed by atoms with Gasteiger partial charge in [-0.1, -0.05) is 25.4 Å². The van der Waals surface area contributed by atoms with E-state index < -0.39 is 0 Å². The number of methoxy groups -OCH3 is 1. The first-order valence-electron chi connectivity index (χ1n) is 8.73. The number of halogens is 1. The van der Waals surface area contributed by atoms with Gasteiger partial charge in [-0.25, -0.2) is 0 Å². The third-order valence-corrected chi connectivity index (χ3v) is 4.26. The van der Waals surface area contributed by atoms with E-state index in [2.05, 4.69) is 29.4 Å². The molecule has 0 aromatic heterocycles. The second-order valence-corrected chi connectivity index (χ2v) is 6.95. The molecule has 1 aliphatic heterocycles.